The summed E-state index contributed by atoms with van der Waals surface area (Å²) in [5.41, 5.74) is 0. The number of rotatable bonds is 1. The molecule has 48 valence electrons. The topological polar surface area (TPSA) is 82.1 Å². The Balaban J connectivity index is 3.08. The minimum absolute atomic E-state index is 0.333. The smallest absolute Gasteiger partial charge is 0.358 e. The van der Waals surface area contributed by atoms with Crippen molar-refractivity contribution in [3.8, 4) is 0 Å². The van der Waals surface area contributed by atoms with Gasteiger partial charge in [-0.3, -0.25) is 0 Å². The maximum absolute atomic E-state index is 9.84. The molecule has 7 heteroatoms. The van der Waals surface area contributed by atoms with Gasteiger partial charge in [-0.25, -0.2) is 0 Å². The molecule has 1 heterocycles. The lowest BCUT2D eigenvalue weighted by atomic mass is 10.8. The first kappa shape index (κ1) is 5.96. The average Bonchev–Trinajstić information content (AvgIpc) is 2.13. The van der Waals surface area contributed by atoms with E-state index in [-0.39, 0.29) is 5.15 Å². The first-order valence-corrected chi connectivity index (χ1v) is 2.22. The van der Waals surface area contributed by atoms with E-state index in [0.29, 0.717) is 0 Å². The van der Waals surface area contributed by atoms with Crippen molar-refractivity contribution in [1.29, 1.82) is 0 Å². The lowest BCUT2D eigenvalue weighted by Gasteiger charge is -1.80. The largest absolute Gasteiger partial charge is 0.453 e. The molecule has 6 nitrogen and oxygen atoms in total. The van der Waals surface area contributed by atoms with E-state index >= 15 is 0 Å². The van der Waals surface area contributed by atoms with E-state index in [0.717, 1.165) is 0 Å². The molecule has 0 N–H and O–H groups in total. The molecule has 0 saturated heterocycles. The summed E-state index contributed by atoms with van der Waals surface area (Å²) in [6, 6.07) is 0. The maximum Gasteiger partial charge on any atom is 0.453 e. The van der Waals surface area contributed by atoms with Gasteiger partial charge < -0.3 is 10.1 Å². The van der Waals surface area contributed by atoms with Gasteiger partial charge in [0.25, 0.3) is 5.15 Å². The number of aromatic nitrogens is 2. The van der Waals surface area contributed by atoms with E-state index in [2.05, 4.69) is 14.9 Å². The van der Waals surface area contributed by atoms with Crippen LogP contribution in [0.1, 0.15) is 0 Å². The highest BCUT2D eigenvalue weighted by atomic mass is 35.5. The monoisotopic (exact) mass is 149 g/mol. The third kappa shape index (κ3) is 0.968. The molecular weight excluding hydrogens is 149 g/mol. The molecule has 1 aromatic rings. The molecule has 0 radical (unpaired) electrons. The van der Waals surface area contributed by atoms with Crippen molar-refractivity contribution >= 4 is 17.4 Å². The molecule has 1 aromatic heterocycles. The second kappa shape index (κ2) is 1.98. The third-order valence-electron chi connectivity index (χ3n) is 0.606. The number of halogens is 1. The highest BCUT2D eigenvalue weighted by Gasteiger charge is 2.18. The Morgan fingerprint density at radius 1 is 1.67 bits per heavy atom. The number of hydrogen-bond donors (Lipinski definition) is 0. The van der Waals surface area contributed by atoms with Crippen LogP contribution in [0.5, 0.6) is 0 Å². The summed E-state index contributed by atoms with van der Waals surface area (Å²) in [5.74, 6) is -0.559. The lowest BCUT2D eigenvalue weighted by molar-refractivity contribution is -0.390. The third-order valence-corrected chi connectivity index (χ3v) is 0.844. The van der Waals surface area contributed by atoms with Gasteiger partial charge >= 0.3 is 5.82 Å². The van der Waals surface area contributed by atoms with E-state index in [4.69, 9.17) is 11.6 Å². The van der Waals surface area contributed by atoms with Crippen molar-refractivity contribution in [2.75, 3.05) is 0 Å². The fourth-order valence-electron chi connectivity index (χ4n) is 0.282. The molecule has 0 unspecified atom stereocenters. The summed E-state index contributed by atoms with van der Waals surface area (Å²) in [6.45, 7) is 0. The summed E-state index contributed by atoms with van der Waals surface area (Å²) in [7, 11) is 0. The van der Waals surface area contributed by atoms with Gasteiger partial charge in [0.05, 0.1) is 0 Å². The van der Waals surface area contributed by atoms with Crippen LogP contribution in [-0.2, 0) is 0 Å². The van der Waals surface area contributed by atoms with E-state index in [1.165, 1.54) is 0 Å². The van der Waals surface area contributed by atoms with Crippen molar-refractivity contribution in [3.05, 3.63) is 15.3 Å². The van der Waals surface area contributed by atoms with Crippen LogP contribution in [-0.4, -0.2) is 15.2 Å². The van der Waals surface area contributed by atoms with Gasteiger partial charge in [-0.2, -0.15) is 0 Å². The van der Waals surface area contributed by atoms with Gasteiger partial charge in [0, 0.05) is 0 Å². The molecule has 0 aliphatic rings. The van der Waals surface area contributed by atoms with Crippen molar-refractivity contribution in [3.63, 3.8) is 0 Å². The Kier molecular flexibility index (Phi) is 1.31. The van der Waals surface area contributed by atoms with Gasteiger partial charge in [-0.05, 0) is 21.7 Å². The van der Waals surface area contributed by atoms with Crippen LogP contribution in [0.3, 0.4) is 0 Å². The molecule has 0 aliphatic heterocycles. The van der Waals surface area contributed by atoms with Crippen molar-refractivity contribution in [1.82, 2.24) is 10.3 Å². The number of nitrogens with zero attached hydrogens (tertiary/aromatic N) is 3. The Hall–Kier alpha value is -1.17. The average molecular weight is 149 g/mol. The van der Waals surface area contributed by atoms with Crippen LogP contribution in [0, 0.1) is 10.1 Å². The van der Waals surface area contributed by atoms with E-state index in [9.17, 15) is 10.1 Å². The van der Waals surface area contributed by atoms with E-state index in [1.807, 2.05) is 0 Å². The lowest BCUT2D eigenvalue weighted by Crippen LogP contribution is -1.87. The summed E-state index contributed by atoms with van der Waals surface area (Å²) in [5, 5.41) is 15.4. The molecule has 1 rings (SSSR count). The van der Waals surface area contributed by atoms with Gasteiger partial charge in [-0.1, -0.05) is 0 Å². The Morgan fingerprint density at radius 3 is 2.56 bits per heavy atom. The standard InChI is InChI=1S/C2ClN3O3/c3-1-2(6(7)8)5-9-4-1. The van der Waals surface area contributed by atoms with Crippen LogP contribution in [0.25, 0.3) is 0 Å². The predicted octanol–water partition coefficient (Wildman–Crippen LogP) is 0.631. The van der Waals surface area contributed by atoms with Crippen molar-refractivity contribution in [2.45, 2.75) is 0 Å². The normalized spacial score (nSPS) is 9.44. The minimum atomic E-state index is -0.779. The molecule has 0 aromatic carbocycles. The molecule has 0 saturated carbocycles. The van der Waals surface area contributed by atoms with Gasteiger partial charge in [-0.15, -0.1) is 4.63 Å². The summed E-state index contributed by atoms with van der Waals surface area (Å²) in [4.78, 5) is 9.06. The molecule has 0 spiro atoms. The fraction of sp³-hybridized carbons (Fsp3) is 0. The first-order chi connectivity index (χ1) is 4.22. The summed E-state index contributed by atoms with van der Waals surface area (Å²) < 4.78 is 3.93. The summed E-state index contributed by atoms with van der Waals surface area (Å²) in [6.07, 6.45) is 0. The van der Waals surface area contributed by atoms with Crippen LogP contribution in [0.2, 0.25) is 5.15 Å². The second-order valence-corrected chi connectivity index (χ2v) is 1.49. The number of hydrogen-bond acceptors (Lipinski definition) is 5. The molecule has 0 fully saturated rings. The first-order valence-electron chi connectivity index (χ1n) is 1.84. The van der Waals surface area contributed by atoms with Crippen molar-refractivity contribution in [2.24, 2.45) is 0 Å². The van der Waals surface area contributed by atoms with E-state index in [1.54, 1.807) is 0 Å². The minimum Gasteiger partial charge on any atom is -0.358 e. The highest BCUT2D eigenvalue weighted by molar-refractivity contribution is 6.31. The second-order valence-electron chi connectivity index (χ2n) is 1.14. The summed E-state index contributed by atoms with van der Waals surface area (Å²) >= 11 is 5.13. The Bertz CT molecular complexity index is 233. The van der Waals surface area contributed by atoms with Crippen molar-refractivity contribution < 1.29 is 9.55 Å². The predicted molar refractivity (Wildman–Crippen MR) is 26.0 cm³/mol. The van der Waals surface area contributed by atoms with E-state index < -0.39 is 10.7 Å². The van der Waals surface area contributed by atoms with Crippen LogP contribution >= 0.6 is 11.6 Å². The fourth-order valence-corrected chi connectivity index (χ4v) is 0.416. The highest BCUT2D eigenvalue weighted by Crippen LogP contribution is 2.16. The molecule has 9 heavy (non-hydrogen) atoms. The van der Waals surface area contributed by atoms with Gasteiger partial charge in [0.2, 0.25) is 0 Å². The zero-order valence-corrected chi connectivity index (χ0v) is 4.70. The van der Waals surface area contributed by atoms with Crippen LogP contribution in [0.15, 0.2) is 4.63 Å². The number of nitro groups is 1. The SMILES string of the molecule is O=[N+]([O-])c1nonc1Cl. The molecular formula is C2ClN3O3. The zero-order valence-electron chi connectivity index (χ0n) is 3.94. The van der Waals surface area contributed by atoms with Crippen LogP contribution in [0.4, 0.5) is 5.82 Å². The maximum atomic E-state index is 9.84. The molecule has 0 aliphatic carbocycles. The van der Waals surface area contributed by atoms with Gasteiger partial charge in [0.15, 0.2) is 5.16 Å². The van der Waals surface area contributed by atoms with Crippen LogP contribution < -0.4 is 0 Å². The molecule has 0 amide bonds. The van der Waals surface area contributed by atoms with Gasteiger partial charge in [0.1, 0.15) is 0 Å². The Morgan fingerprint density at radius 2 is 2.33 bits per heavy atom. The molecule has 0 bridgehead atoms. The molecule has 0 atom stereocenters. The quantitative estimate of drug-likeness (QED) is 0.432. The Labute approximate surface area is 53.5 Å². The zero-order chi connectivity index (χ0) is 6.85.